The van der Waals surface area contributed by atoms with Crippen molar-refractivity contribution in [3.05, 3.63) is 65.4 Å². The van der Waals surface area contributed by atoms with E-state index >= 15 is 0 Å². The molecule has 0 saturated carbocycles. The van der Waals surface area contributed by atoms with Crippen molar-refractivity contribution in [1.29, 1.82) is 0 Å². The standard InChI is InChI=1S/C28H33N3O5/c1-2-21-26(27(33)28(29)34)25-22(31(21)18-20-10-5-3-6-11-20)12-9-13-23(25)36-19-24(32)35-17-16-30-14-7-4-8-15-30/h3,5-6,9-13H,2,4,7-8,14-19H2,1H3,(H2,29,34). The van der Waals surface area contributed by atoms with Crippen LogP contribution in [0.15, 0.2) is 48.5 Å². The molecular weight excluding hydrogens is 458 g/mol. The number of Topliss-reactive ketones (excluding diaryl/α,β-unsaturated/α-hetero) is 1. The van der Waals surface area contributed by atoms with Gasteiger partial charge < -0.3 is 19.8 Å². The van der Waals surface area contributed by atoms with Crippen LogP contribution < -0.4 is 10.5 Å². The van der Waals surface area contributed by atoms with Crippen LogP contribution in [0.2, 0.25) is 0 Å². The van der Waals surface area contributed by atoms with E-state index in [1.54, 1.807) is 12.1 Å². The van der Waals surface area contributed by atoms with Crippen molar-refractivity contribution < 1.29 is 23.9 Å². The van der Waals surface area contributed by atoms with Crippen LogP contribution in [0.5, 0.6) is 5.75 Å². The van der Waals surface area contributed by atoms with Gasteiger partial charge in [0.1, 0.15) is 12.4 Å². The molecule has 3 aromatic rings. The number of aromatic nitrogens is 1. The molecule has 1 amide bonds. The van der Waals surface area contributed by atoms with Gasteiger partial charge in [-0.3, -0.25) is 14.5 Å². The fourth-order valence-electron chi connectivity index (χ4n) is 4.87. The fraction of sp³-hybridized carbons (Fsp3) is 0.393. The van der Waals surface area contributed by atoms with Crippen molar-refractivity contribution in [3.8, 4) is 5.75 Å². The molecule has 0 radical (unpaired) electrons. The lowest BCUT2D eigenvalue weighted by molar-refractivity contribution is -0.146. The van der Waals surface area contributed by atoms with Crippen molar-refractivity contribution in [2.75, 3.05) is 32.8 Å². The number of rotatable bonds is 11. The second-order valence-electron chi connectivity index (χ2n) is 9.00. The molecule has 8 nitrogen and oxygen atoms in total. The molecule has 36 heavy (non-hydrogen) atoms. The third-order valence-electron chi connectivity index (χ3n) is 6.59. The quantitative estimate of drug-likeness (QED) is 0.251. The summed E-state index contributed by atoms with van der Waals surface area (Å²) in [6.07, 6.45) is 4.12. The third kappa shape index (κ3) is 5.76. The molecule has 0 spiro atoms. The molecule has 2 N–H and O–H groups in total. The molecule has 2 aromatic carbocycles. The number of esters is 1. The average Bonchev–Trinajstić information content (AvgIpc) is 3.21. The van der Waals surface area contributed by atoms with Crippen LogP contribution in [0.4, 0.5) is 0 Å². The summed E-state index contributed by atoms with van der Waals surface area (Å²) in [7, 11) is 0. The van der Waals surface area contributed by atoms with Crippen molar-refractivity contribution in [1.82, 2.24) is 9.47 Å². The Bertz CT molecular complexity index is 1230. The number of nitrogens with two attached hydrogens (primary N) is 1. The molecule has 0 unspecified atom stereocenters. The van der Waals surface area contributed by atoms with Gasteiger partial charge in [0.05, 0.1) is 16.5 Å². The first-order chi connectivity index (χ1) is 17.5. The van der Waals surface area contributed by atoms with E-state index in [2.05, 4.69) is 4.90 Å². The van der Waals surface area contributed by atoms with Gasteiger partial charge in [-0.05, 0) is 50.0 Å². The zero-order chi connectivity index (χ0) is 25.5. The van der Waals surface area contributed by atoms with E-state index in [4.69, 9.17) is 15.2 Å². The lowest BCUT2D eigenvalue weighted by Gasteiger charge is -2.25. The SMILES string of the molecule is CCc1c(C(=O)C(N)=O)c2c(OCC(=O)OCCN3CCCCC3)cccc2n1Cc1ccccc1. The van der Waals surface area contributed by atoms with Crippen LogP contribution >= 0.6 is 0 Å². The van der Waals surface area contributed by atoms with Crippen LogP contribution in [0.1, 0.15) is 47.8 Å². The number of piperidine rings is 1. The van der Waals surface area contributed by atoms with Crippen LogP contribution in [0.3, 0.4) is 0 Å². The van der Waals surface area contributed by atoms with Gasteiger partial charge in [0.2, 0.25) is 0 Å². The van der Waals surface area contributed by atoms with E-state index in [0.717, 1.165) is 24.2 Å². The summed E-state index contributed by atoms with van der Waals surface area (Å²) in [4.78, 5) is 39.6. The molecule has 190 valence electrons. The molecular formula is C28H33N3O5. The Morgan fingerprint density at radius 1 is 0.972 bits per heavy atom. The zero-order valence-electron chi connectivity index (χ0n) is 20.7. The number of ether oxygens (including phenoxy) is 2. The average molecular weight is 492 g/mol. The summed E-state index contributed by atoms with van der Waals surface area (Å²) >= 11 is 0. The molecule has 0 atom stereocenters. The molecule has 1 aliphatic rings. The fourth-order valence-corrected chi connectivity index (χ4v) is 4.87. The normalized spacial score (nSPS) is 14.0. The van der Waals surface area contributed by atoms with Gasteiger partial charge in [0.25, 0.3) is 11.7 Å². The van der Waals surface area contributed by atoms with E-state index < -0.39 is 17.7 Å². The van der Waals surface area contributed by atoms with E-state index in [-0.39, 0.29) is 12.2 Å². The molecule has 1 aliphatic heterocycles. The zero-order valence-corrected chi connectivity index (χ0v) is 20.7. The second kappa shape index (κ2) is 11.9. The van der Waals surface area contributed by atoms with Gasteiger partial charge in [-0.2, -0.15) is 0 Å². The first kappa shape index (κ1) is 25.4. The van der Waals surface area contributed by atoms with Crippen molar-refractivity contribution in [2.45, 2.75) is 39.2 Å². The first-order valence-corrected chi connectivity index (χ1v) is 12.5. The number of amides is 1. The molecule has 0 aliphatic carbocycles. The highest BCUT2D eigenvalue weighted by molar-refractivity contribution is 6.45. The Labute approximate surface area is 211 Å². The number of likely N-dealkylation sites (tertiary alicyclic amines) is 1. The van der Waals surface area contributed by atoms with E-state index in [9.17, 15) is 14.4 Å². The summed E-state index contributed by atoms with van der Waals surface area (Å²) in [5.74, 6) is -1.95. The lowest BCUT2D eigenvalue weighted by Crippen LogP contribution is -2.33. The highest BCUT2D eigenvalue weighted by atomic mass is 16.6. The summed E-state index contributed by atoms with van der Waals surface area (Å²) in [6.45, 7) is 5.22. The number of nitrogens with zero attached hydrogens (tertiary/aromatic N) is 2. The second-order valence-corrected chi connectivity index (χ2v) is 9.00. The Morgan fingerprint density at radius 3 is 2.42 bits per heavy atom. The molecule has 8 heteroatoms. The van der Waals surface area contributed by atoms with Crippen molar-refractivity contribution >= 4 is 28.6 Å². The minimum Gasteiger partial charge on any atom is -0.481 e. The number of fused-ring (bicyclic) bond motifs is 1. The van der Waals surface area contributed by atoms with Gasteiger partial charge >= 0.3 is 5.97 Å². The summed E-state index contributed by atoms with van der Waals surface area (Å²) in [6, 6.07) is 15.2. The van der Waals surface area contributed by atoms with Gasteiger partial charge in [-0.1, -0.05) is 49.7 Å². The maximum atomic E-state index is 12.9. The Balaban J connectivity index is 1.58. The molecule has 1 aromatic heterocycles. The number of hydrogen-bond acceptors (Lipinski definition) is 6. The Kier molecular flexibility index (Phi) is 8.38. The highest BCUT2D eigenvalue weighted by Crippen LogP contribution is 2.35. The number of carbonyl (C=O) groups excluding carboxylic acids is 3. The van der Waals surface area contributed by atoms with Crippen molar-refractivity contribution in [3.63, 3.8) is 0 Å². The molecule has 2 heterocycles. The Hall–Kier alpha value is -3.65. The summed E-state index contributed by atoms with van der Waals surface area (Å²) < 4.78 is 13.2. The summed E-state index contributed by atoms with van der Waals surface area (Å²) in [5.41, 5.74) is 8.12. The van der Waals surface area contributed by atoms with E-state index in [0.29, 0.717) is 42.9 Å². The van der Waals surface area contributed by atoms with Gasteiger partial charge in [0.15, 0.2) is 6.61 Å². The lowest BCUT2D eigenvalue weighted by atomic mass is 10.0. The van der Waals surface area contributed by atoms with Gasteiger partial charge in [-0.15, -0.1) is 0 Å². The largest absolute Gasteiger partial charge is 0.481 e. The predicted molar refractivity (Wildman–Crippen MR) is 137 cm³/mol. The number of benzene rings is 2. The number of hydrogen-bond donors (Lipinski definition) is 1. The monoisotopic (exact) mass is 491 g/mol. The van der Waals surface area contributed by atoms with E-state index in [1.807, 2.05) is 47.9 Å². The van der Waals surface area contributed by atoms with Crippen LogP contribution in [-0.2, 0) is 27.3 Å². The smallest absolute Gasteiger partial charge is 0.344 e. The molecule has 0 bridgehead atoms. The van der Waals surface area contributed by atoms with Crippen LogP contribution in [0.25, 0.3) is 10.9 Å². The van der Waals surface area contributed by atoms with Gasteiger partial charge in [0, 0.05) is 18.8 Å². The molecule has 4 rings (SSSR count). The number of ketones is 1. The minimum absolute atomic E-state index is 0.227. The first-order valence-electron chi connectivity index (χ1n) is 12.5. The van der Waals surface area contributed by atoms with Crippen LogP contribution in [0, 0.1) is 0 Å². The maximum absolute atomic E-state index is 12.9. The van der Waals surface area contributed by atoms with Crippen LogP contribution in [-0.4, -0.2) is 60.0 Å². The Morgan fingerprint density at radius 2 is 1.72 bits per heavy atom. The minimum atomic E-state index is -1.03. The predicted octanol–water partition coefficient (Wildman–Crippen LogP) is 3.33. The van der Waals surface area contributed by atoms with E-state index in [1.165, 1.54) is 19.3 Å². The maximum Gasteiger partial charge on any atom is 0.344 e. The highest BCUT2D eigenvalue weighted by Gasteiger charge is 2.27. The van der Waals surface area contributed by atoms with Gasteiger partial charge in [-0.25, -0.2) is 4.79 Å². The topological polar surface area (TPSA) is 104 Å². The molecule has 1 fully saturated rings. The number of primary amides is 1. The third-order valence-corrected chi connectivity index (χ3v) is 6.59. The molecule has 1 saturated heterocycles. The van der Waals surface area contributed by atoms with Crippen molar-refractivity contribution in [2.24, 2.45) is 5.73 Å². The number of carbonyl (C=O) groups is 3. The summed E-state index contributed by atoms with van der Waals surface area (Å²) in [5, 5.41) is 0.482.